The van der Waals surface area contributed by atoms with Crippen molar-refractivity contribution >= 4 is 11.9 Å². The van der Waals surface area contributed by atoms with E-state index in [2.05, 4.69) is 13.8 Å². The maximum absolute atomic E-state index is 11.8. The molecule has 0 rings (SSSR count). The number of esters is 2. The highest BCUT2D eigenvalue weighted by molar-refractivity contribution is 5.69. The highest BCUT2D eigenvalue weighted by Gasteiger charge is 2.11. The van der Waals surface area contributed by atoms with Crippen molar-refractivity contribution in [2.24, 2.45) is 0 Å². The van der Waals surface area contributed by atoms with Crippen LogP contribution in [0.2, 0.25) is 0 Å². The lowest BCUT2D eigenvalue weighted by atomic mass is 10.1. The number of rotatable bonds is 24. The van der Waals surface area contributed by atoms with Gasteiger partial charge in [0.25, 0.3) is 0 Å². The predicted molar refractivity (Wildman–Crippen MR) is 162 cm³/mol. The number of allylic oxidation sites excluding steroid dienone is 8. The highest BCUT2D eigenvalue weighted by atomic mass is 16.6. The van der Waals surface area contributed by atoms with Gasteiger partial charge in [-0.3, -0.25) is 9.59 Å². The van der Waals surface area contributed by atoms with Crippen molar-refractivity contribution in [2.75, 3.05) is 13.2 Å². The van der Waals surface area contributed by atoms with E-state index in [-0.39, 0.29) is 25.6 Å². The van der Waals surface area contributed by atoms with Crippen LogP contribution in [-0.2, 0) is 19.1 Å². The smallest absolute Gasteiger partial charge is 0.305 e. The average Bonchev–Trinajstić information content (AvgIpc) is 2.93. The third-order valence-electron chi connectivity index (χ3n) is 5.63. The summed E-state index contributed by atoms with van der Waals surface area (Å²) in [6.07, 6.45) is 29.2. The van der Waals surface area contributed by atoms with Crippen LogP contribution in [0.1, 0.15) is 90.9 Å². The van der Waals surface area contributed by atoms with Gasteiger partial charge >= 0.3 is 11.9 Å². The molecular weight excluding hydrogens is 508 g/mol. The predicted octanol–water partition coefficient (Wildman–Crippen LogP) is 6.21. The number of aliphatic hydroxyl groups is 3. The Morgan fingerprint density at radius 3 is 1.95 bits per heavy atom. The first kappa shape index (κ1) is 37.3. The van der Waals surface area contributed by atoms with Crippen molar-refractivity contribution in [2.45, 2.75) is 109 Å². The van der Waals surface area contributed by atoms with Crippen LogP contribution in [0.3, 0.4) is 0 Å². The molecule has 0 aromatic heterocycles. The quantitative estimate of drug-likeness (QED) is 0.0556. The fourth-order valence-electron chi connectivity index (χ4n) is 3.35. The standard InChI is InChI=1S/C33H52O7/c1-3-5-7-11-19-25-32(37)39-27-31(36)28-40-33(38)26-20-14-18-24-30(35)23-17-13-10-8-9-12-16-22-29(34)21-15-6-4-2/h6,9-10,12-13,15-18,22-24,29-31,34-36H,3-5,7-8,11,14,19-21,25-28H2,1-2H3/b12-9-,13-10-,15-6-,22-16+,23-17+,24-18-/t29-,30-,31-/m1/s1. The van der Waals surface area contributed by atoms with Gasteiger partial charge < -0.3 is 24.8 Å². The SMILES string of the molecule is CC/C=C\C[C@@H](O)/C=C/C=C\C/C=C\C=C\[C@@H](O)/C=C\CCCC(=O)OC[C@H](O)COC(=O)CCCCCCC. The summed E-state index contributed by atoms with van der Waals surface area (Å²) in [5, 5.41) is 29.6. The zero-order valence-corrected chi connectivity index (χ0v) is 24.5. The Labute approximate surface area is 241 Å². The Morgan fingerprint density at radius 1 is 0.675 bits per heavy atom. The van der Waals surface area contributed by atoms with Crippen LogP contribution in [-0.4, -0.2) is 58.8 Å². The van der Waals surface area contributed by atoms with Crippen molar-refractivity contribution in [3.63, 3.8) is 0 Å². The molecule has 0 radical (unpaired) electrons. The third kappa shape index (κ3) is 26.9. The van der Waals surface area contributed by atoms with Crippen molar-refractivity contribution < 1.29 is 34.4 Å². The summed E-state index contributed by atoms with van der Waals surface area (Å²) in [7, 11) is 0. The molecule has 0 aliphatic rings. The fraction of sp³-hybridized carbons (Fsp3) is 0.576. The summed E-state index contributed by atoms with van der Waals surface area (Å²) in [5.74, 6) is -0.767. The maximum atomic E-state index is 11.8. The van der Waals surface area contributed by atoms with Crippen LogP contribution in [0, 0.1) is 0 Å². The van der Waals surface area contributed by atoms with E-state index in [0.29, 0.717) is 25.7 Å². The molecule has 7 heteroatoms. The average molecular weight is 561 g/mol. The first-order valence-corrected chi connectivity index (χ1v) is 14.7. The number of aliphatic hydroxyl groups excluding tert-OH is 3. The molecule has 0 saturated heterocycles. The molecule has 0 bridgehead atoms. The molecule has 40 heavy (non-hydrogen) atoms. The molecule has 3 N–H and O–H groups in total. The van der Waals surface area contributed by atoms with Crippen LogP contribution in [0.15, 0.2) is 72.9 Å². The number of hydrogen-bond acceptors (Lipinski definition) is 7. The summed E-state index contributed by atoms with van der Waals surface area (Å²) >= 11 is 0. The number of unbranched alkanes of at least 4 members (excludes halogenated alkanes) is 5. The fourth-order valence-corrected chi connectivity index (χ4v) is 3.35. The molecule has 0 aliphatic carbocycles. The minimum Gasteiger partial charge on any atom is -0.463 e. The van der Waals surface area contributed by atoms with E-state index in [1.807, 2.05) is 48.6 Å². The lowest BCUT2D eigenvalue weighted by Gasteiger charge is -2.12. The van der Waals surface area contributed by atoms with E-state index in [1.165, 1.54) is 0 Å². The maximum Gasteiger partial charge on any atom is 0.305 e. The molecule has 0 aromatic rings. The molecule has 0 aromatic carbocycles. The number of carbonyl (C=O) groups excluding carboxylic acids is 2. The van der Waals surface area contributed by atoms with Crippen molar-refractivity contribution in [1.29, 1.82) is 0 Å². The van der Waals surface area contributed by atoms with Crippen LogP contribution >= 0.6 is 0 Å². The minimum atomic E-state index is -1.03. The monoisotopic (exact) mass is 560 g/mol. The molecule has 0 amide bonds. The van der Waals surface area contributed by atoms with E-state index in [4.69, 9.17) is 9.47 Å². The van der Waals surface area contributed by atoms with Gasteiger partial charge in [-0.05, 0) is 38.5 Å². The van der Waals surface area contributed by atoms with Crippen LogP contribution in [0.4, 0.5) is 0 Å². The molecule has 7 nitrogen and oxygen atoms in total. The van der Waals surface area contributed by atoms with E-state index >= 15 is 0 Å². The Kier molecular flexibility index (Phi) is 25.9. The zero-order chi connectivity index (χ0) is 29.7. The van der Waals surface area contributed by atoms with Gasteiger partial charge in [0.1, 0.15) is 19.3 Å². The molecule has 226 valence electrons. The lowest BCUT2D eigenvalue weighted by molar-refractivity contribution is -0.152. The van der Waals surface area contributed by atoms with E-state index in [9.17, 15) is 24.9 Å². The topological polar surface area (TPSA) is 113 Å². The van der Waals surface area contributed by atoms with Gasteiger partial charge in [-0.25, -0.2) is 0 Å². The lowest BCUT2D eigenvalue weighted by Crippen LogP contribution is -2.25. The second-order valence-electron chi connectivity index (χ2n) is 9.54. The van der Waals surface area contributed by atoms with Crippen molar-refractivity contribution in [3.8, 4) is 0 Å². The Bertz CT molecular complexity index is 808. The van der Waals surface area contributed by atoms with Gasteiger partial charge in [0.2, 0.25) is 0 Å². The molecule has 0 heterocycles. The van der Waals surface area contributed by atoms with Gasteiger partial charge in [-0.15, -0.1) is 0 Å². The van der Waals surface area contributed by atoms with E-state index in [0.717, 1.165) is 44.9 Å². The van der Waals surface area contributed by atoms with Crippen LogP contribution in [0.5, 0.6) is 0 Å². The Balaban J connectivity index is 3.87. The minimum absolute atomic E-state index is 0.180. The van der Waals surface area contributed by atoms with Crippen LogP contribution in [0.25, 0.3) is 0 Å². The van der Waals surface area contributed by atoms with Gasteiger partial charge in [-0.2, -0.15) is 0 Å². The summed E-state index contributed by atoms with van der Waals surface area (Å²) in [4.78, 5) is 23.5. The van der Waals surface area contributed by atoms with Gasteiger partial charge in [0.05, 0.1) is 12.2 Å². The van der Waals surface area contributed by atoms with Crippen molar-refractivity contribution in [3.05, 3.63) is 72.9 Å². The van der Waals surface area contributed by atoms with Crippen molar-refractivity contribution in [1.82, 2.24) is 0 Å². The zero-order valence-electron chi connectivity index (χ0n) is 24.5. The molecular formula is C33H52O7. The highest BCUT2D eigenvalue weighted by Crippen LogP contribution is 2.06. The molecule has 0 unspecified atom stereocenters. The largest absolute Gasteiger partial charge is 0.463 e. The van der Waals surface area contributed by atoms with E-state index in [1.54, 1.807) is 24.3 Å². The normalized spacial score (nSPS) is 14.8. The number of carbonyl (C=O) groups is 2. The Morgan fingerprint density at radius 2 is 1.30 bits per heavy atom. The first-order valence-electron chi connectivity index (χ1n) is 14.7. The number of hydrogen-bond donors (Lipinski definition) is 3. The molecule has 0 saturated carbocycles. The van der Waals surface area contributed by atoms with Gasteiger partial charge in [-0.1, -0.05) is 112 Å². The summed E-state index contributed by atoms with van der Waals surface area (Å²) in [5.41, 5.74) is 0. The molecule has 0 aliphatic heterocycles. The molecule has 3 atom stereocenters. The summed E-state index contributed by atoms with van der Waals surface area (Å²) < 4.78 is 10.1. The molecule has 0 spiro atoms. The first-order chi connectivity index (χ1) is 19.4. The van der Waals surface area contributed by atoms with Crippen LogP contribution < -0.4 is 0 Å². The summed E-state index contributed by atoms with van der Waals surface area (Å²) in [6.45, 7) is 3.81. The second kappa shape index (κ2) is 27.8. The van der Waals surface area contributed by atoms with Gasteiger partial charge in [0.15, 0.2) is 0 Å². The second-order valence-corrected chi connectivity index (χ2v) is 9.54. The molecule has 0 fully saturated rings. The number of ether oxygens (including phenoxy) is 2. The Hall–Kier alpha value is -2.74. The van der Waals surface area contributed by atoms with Gasteiger partial charge in [0, 0.05) is 12.8 Å². The summed E-state index contributed by atoms with van der Waals surface area (Å²) in [6, 6.07) is 0. The van der Waals surface area contributed by atoms with E-state index < -0.39 is 24.3 Å². The third-order valence-corrected chi connectivity index (χ3v) is 5.63.